The third kappa shape index (κ3) is 2.36. The maximum absolute atomic E-state index is 12.0. The Hall–Kier alpha value is -2.75. The van der Waals surface area contributed by atoms with Crippen molar-refractivity contribution in [2.45, 2.75) is 6.92 Å². The van der Waals surface area contributed by atoms with Crippen molar-refractivity contribution >= 4 is 17.8 Å². The SMILES string of the molecule is Cc1ccccc1C1=N/C(=C/c2ccccn2)C(=O)N1. The molecule has 3 rings (SSSR count). The Bertz CT molecular complexity index is 718. The molecule has 1 aromatic heterocycles. The minimum absolute atomic E-state index is 0.200. The minimum atomic E-state index is -0.200. The summed E-state index contributed by atoms with van der Waals surface area (Å²) >= 11 is 0. The molecule has 1 aromatic carbocycles. The zero-order chi connectivity index (χ0) is 13.9. The standard InChI is InChI=1S/C16H13N3O/c1-11-6-2-3-8-13(11)15-18-14(16(20)19-15)10-12-7-4-5-9-17-12/h2-10H,1H3,(H,18,19,20)/b14-10+. The van der Waals surface area contributed by atoms with Gasteiger partial charge in [-0.2, -0.15) is 0 Å². The van der Waals surface area contributed by atoms with E-state index in [1.807, 2.05) is 49.4 Å². The number of carbonyl (C=O) groups excluding carboxylic acids is 1. The van der Waals surface area contributed by atoms with Crippen LogP contribution in [0.5, 0.6) is 0 Å². The molecule has 20 heavy (non-hydrogen) atoms. The van der Waals surface area contributed by atoms with Crippen LogP contribution in [-0.2, 0) is 4.79 Å². The molecule has 0 atom stereocenters. The van der Waals surface area contributed by atoms with E-state index >= 15 is 0 Å². The number of amidine groups is 1. The molecule has 4 heteroatoms. The number of amides is 1. The van der Waals surface area contributed by atoms with E-state index in [-0.39, 0.29) is 5.91 Å². The first-order chi connectivity index (χ1) is 9.74. The molecule has 1 amide bonds. The van der Waals surface area contributed by atoms with Gasteiger partial charge in [0.1, 0.15) is 11.5 Å². The van der Waals surface area contributed by atoms with Gasteiger partial charge in [0.15, 0.2) is 0 Å². The van der Waals surface area contributed by atoms with Crippen molar-refractivity contribution < 1.29 is 4.79 Å². The maximum Gasteiger partial charge on any atom is 0.275 e. The molecule has 0 saturated carbocycles. The lowest BCUT2D eigenvalue weighted by Gasteiger charge is -2.03. The van der Waals surface area contributed by atoms with Crippen molar-refractivity contribution in [2.24, 2.45) is 4.99 Å². The van der Waals surface area contributed by atoms with Gasteiger partial charge in [-0.15, -0.1) is 0 Å². The summed E-state index contributed by atoms with van der Waals surface area (Å²) in [5, 5.41) is 2.80. The van der Waals surface area contributed by atoms with E-state index in [9.17, 15) is 4.79 Å². The first-order valence-electron chi connectivity index (χ1n) is 6.33. The van der Waals surface area contributed by atoms with Gasteiger partial charge in [0.2, 0.25) is 0 Å². The first-order valence-corrected chi connectivity index (χ1v) is 6.33. The van der Waals surface area contributed by atoms with E-state index in [1.54, 1.807) is 12.3 Å². The summed E-state index contributed by atoms with van der Waals surface area (Å²) in [6.07, 6.45) is 3.37. The third-order valence-electron chi connectivity index (χ3n) is 3.07. The van der Waals surface area contributed by atoms with E-state index in [4.69, 9.17) is 0 Å². The van der Waals surface area contributed by atoms with Gasteiger partial charge in [-0.1, -0.05) is 30.3 Å². The van der Waals surface area contributed by atoms with E-state index in [2.05, 4.69) is 15.3 Å². The predicted octanol–water partition coefficient (Wildman–Crippen LogP) is 2.31. The van der Waals surface area contributed by atoms with Crippen LogP contribution in [-0.4, -0.2) is 16.7 Å². The molecule has 1 aliphatic heterocycles. The summed E-state index contributed by atoms with van der Waals surface area (Å²) in [6.45, 7) is 1.99. The molecule has 0 aliphatic carbocycles. The fourth-order valence-electron chi connectivity index (χ4n) is 2.04. The zero-order valence-corrected chi connectivity index (χ0v) is 11.0. The average molecular weight is 263 g/mol. The monoisotopic (exact) mass is 263 g/mol. The lowest BCUT2D eigenvalue weighted by molar-refractivity contribution is -0.115. The molecule has 0 saturated heterocycles. The van der Waals surface area contributed by atoms with Crippen LogP contribution in [0.4, 0.5) is 0 Å². The zero-order valence-electron chi connectivity index (χ0n) is 11.0. The van der Waals surface area contributed by atoms with Crippen LogP contribution in [0.2, 0.25) is 0 Å². The normalized spacial score (nSPS) is 16.1. The summed E-state index contributed by atoms with van der Waals surface area (Å²) in [7, 11) is 0. The molecule has 1 aliphatic rings. The second kappa shape index (κ2) is 5.09. The number of aryl methyl sites for hydroxylation is 1. The Labute approximate surface area is 116 Å². The number of pyridine rings is 1. The average Bonchev–Trinajstić information content (AvgIpc) is 2.81. The van der Waals surface area contributed by atoms with Crippen molar-refractivity contribution in [1.82, 2.24) is 10.3 Å². The Morgan fingerprint density at radius 2 is 1.90 bits per heavy atom. The van der Waals surface area contributed by atoms with Crippen LogP contribution >= 0.6 is 0 Å². The third-order valence-corrected chi connectivity index (χ3v) is 3.07. The Kier molecular flexibility index (Phi) is 3.13. The molecule has 0 fully saturated rings. The van der Waals surface area contributed by atoms with Gasteiger partial charge in [0, 0.05) is 11.8 Å². The summed E-state index contributed by atoms with van der Waals surface area (Å²) in [4.78, 5) is 20.5. The second-order valence-corrected chi connectivity index (χ2v) is 4.51. The fourth-order valence-corrected chi connectivity index (χ4v) is 2.04. The molecule has 1 N–H and O–H groups in total. The number of nitrogens with zero attached hydrogens (tertiary/aromatic N) is 2. The first kappa shape index (κ1) is 12.3. The number of aromatic nitrogens is 1. The van der Waals surface area contributed by atoms with Crippen molar-refractivity contribution in [3.8, 4) is 0 Å². The fraction of sp³-hybridized carbons (Fsp3) is 0.0625. The van der Waals surface area contributed by atoms with Crippen LogP contribution in [0.3, 0.4) is 0 Å². The highest BCUT2D eigenvalue weighted by atomic mass is 16.2. The Balaban J connectivity index is 1.98. The largest absolute Gasteiger partial charge is 0.305 e. The number of carbonyl (C=O) groups is 1. The van der Waals surface area contributed by atoms with Crippen LogP contribution in [0.15, 0.2) is 59.4 Å². The quantitative estimate of drug-likeness (QED) is 0.845. The van der Waals surface area contributed by atoms with Crippen LogP contribution in [0.1, 0.15) is 16.8 Å². The van der Waals surface area contributed by atoms with E-state index in [0.717, 1.165) is 11.1 Å². The number of nitrogens with one attached hydrogen (secondary N) is 1. The summed E-state index contributed by atoms with van der Waals surface area (Å²) in [5.41, 5.74) is 3.10. The molecular weight excluding hydrogens is 250 g/mol. The summed E-state index contributed by atoms with van der Waals surface area (Å²) < 4.78 is 0. The van der Waals surface area contributed by atoms with E-state index < -0.39 is 0 Å². The van der Waals surface area contributed by atoms with Crippen LogP contribution in [0, 0.1) is 6.92 Å². The van der Waals surface area contributed by atoms with Gasteiger partial charge in [0.05, 0.1) is 5.69 Å². The number of hydrogen-bond acceptors (Lipinski definition) is 3. The molecule has 0 bridgehead atoms. The Morgan fingerprint density at radius 1 is 1.10 bits per heavy atom. The highest BCUT2D eigenvalue weighted by Gasteiger charge is 2.21. The van der Waals surface area contributed by atoms with Crippen LogP contribution in [0.25, 0.3) is 6.08 Å². The van der Waals surface area contributed by atoms with Gasteiger partial charge < -0.3 is 5.32 Å². The van der Waals surface area contributed by atoms with Gasteiger partial charge in [-0.3, -0.25) is 9.78 Å². The lowest BCUT2D eigenvalue weighted by Crippen LogP contribution is -2.25. The highest BCUT2D eigenvalue weighted by molar-refractivity contribution is 6.20. The summed E-state index contributed by atoms with van der Waals surface area (Å²) in [5.74, 6) is 0.393. The van der Waals surface area contributed by atoms with Crippen molar-refractivity contribution in [1.29, 1.82) is 0 Å². The minimum Gasteiger partial charge on any atom is -0.305 e. The van der Waals surface area contributed by atoms with Crippen LogP contribution < -0.4 is 5.32 Å². The van der Waals surface area contributed by atoms with Gasteiger partial charge >= 0.3 is 0 Å². The highest BCUT2D eigenvalue weighted by Crippen LogP contribution is 2.16. The number of rotatable bonds is 2. The molecule has 0 unspecified atom stereocenters. The molecule has 2 aromatic rings. The van der Waals surface area contributed by atoms with Crippen molar-refractivity contribution in [3.63, 3.8) is 0 Å². The van der Waals surface area contributed by atoms with E-state index in [1.165, 1.54) is 0 Å². The van der Waals surface area contributed by atoms with Crippen molar-refractivity contribution in [3.05, 3.63) is 71.2 Å². The summed E-state index contributed by atoms with van der Waals surface area (Å²) in [6, 6.07) is 13.4. The smallest absolute Gasteiger partial charge is 0.275 e. The maximum atomic E-state index is 12.0. The number of aliphatic imine (C=N–C) groups is 1. The van der Waals surface area contributed by atoms with Gasteiger partial charge in [0.25, 0.3) is 5.91 Å². The molecule has 2 heterocycles. The molecule has 0 spiro atoms. The second-order valence-electron chi connectivity index (χ2n) is 4.51. The number of benzene rings is 1. The van der Waals surface area contributed by atoms with E-state index in [0.29, 0.717) is 17.2 Å². The lowest BCUT2D eigenvalue weighted by atomic mass is 10.1. The molecule has 98 valence electrons. The predicted molar refractivity (Wildman–Crippen MR) is 78.1 cm³/mol. The van der Waals surface area contributed by atoms with Crippen molar-refractivity contribution in [2.75, 3.05) is 0 Å². The van der Waals surface area contributed by atoms with Gasteiger partial charge in [-0.05, 0) is 30.7 Å². The molecule has 0 radical (unpaired) electrons. The van der Waals surface area contributed by atoms with Gasteiger partial charge in [-0.25, -0.2) is 4.99 Å². The topological polar surface area (TPSA) is 54.4 Å². The Morgan fingerprint density at radius 3 is 2.65 bits per heavy atom. The molecule has 4 nitrogen and oxygen atoms in total. The number of hydrogen-bond donors (Lipinski definition) is 1. The molecular formula is C16H13N3O.